The molecule has 2 aromatic carbocycles. The van der Waals surface area contributed by atoms with Crippen LogP contribution in [-0.2, 0) is 11.3 Å². The minimum absolute atomic E-state index is 0.239. The van der Waals surface area contributed by atoms with Crippen molar-refractivity contribution in [2.24, 2.45) is 0 Å². The maximum atomic E-state index is 12.8. The van der Waals surface area contributed by atoms with Gasteiger partial charge in [-0.15, -0.1) is 11.3 Å². The van der Waals surface area contributed by atoms with Crippen LogP contribution in [0.2, 0.25) is 10.0 Å². The number of methoxy groups -OCH3 is 1. The number of ether oxygens (including phenoxy) is 1. The summed E-state index contributed by atoms with van der Waals surface area (Å²) in [6.45, 7) is 0.267. The molecular weight excluding hydrogens is 433 g/mol. The van der Waals surface area contributed by atoms with Crippen molar-refractivity contribution in [3.8, 4) is 10.6 Å². The van der Waals surface area contributed by atoms with Crippen LogP contribution in [0.3, 0.4) is 0 Å². The van der Waals surface area contributed by atoms with Crippen LogP contribution in [0.5, 0.6) is 0 Å². The van der Waals surface area contributed by atoms with Gasteiger partial charge in [0.05, 0.1) is 47.2 Å². The van der Waals surface area contributed by atoms with E-state index >= 15 is 0 Å². The molecule has 2 aromatic heterocycles. The molecule has 0 atom stereocenters. The molecule has 0 unspecified atom stereocenters. The van der Waals surface area contributed by atoms with Crippen molar-refractivity contribution in [1.29, 1.82) is 0 Å². The number of esters is 1. The van der Waals surface area contributed by atoms with Gasteiger partial charge < -0.3 is 4.74 Å². The van der Waals surface area contributed by atoms with Crippen LogP contribution >= 0.6 is 34.5 Å². The Morgan fingerprint density at radius 3 is 2.69 bits per heavy atom. The molecule has 0 spiro atoms. The molecule has 0 aliphatic rings. The fraction of sp³-hybridized carbons (Fsp3) is 0.100. The van der Waals surface area contributed by atoms with Crippen molar-refractivity contribution in [2.45, 2.75) is 6.54 Å². The molecule has 0 aliphatic carbocycles. The normalized spacial score (nSPS) is 11.0. The summed E-state index contributed by atoms with van der Waals surface area (Å²) in [5, 5.41) is 3.74. The second-order valence-corrected chi connectivity index (χ2v) is 7.88. The monoisotopic (exact) mass is 445 g/mol. The predicted octanol–water partition coefficient (Wildman–Crippen LogP) is 4.66. The Kier molecular flexibility index (Phi) is 5.36. The van der Waals surface area contributed by atoms with Crippen molar-refractivity contribution in [1.82, 2.24) is 14.5 Å². The number of nitrogens with zero attached hydrogens (tertiary/aromatic N) is 3. The number of fused-ring (bicyclic) bond motifs is 1. The first kappa shape index (κ1) is 19.6. The van der Waals surface area contributed by atoms with Gasteiger partial charge in [-0.05, 0) is 24.3 Å². The first-order chi connectivity index (χ1) is 14.0. The van der Waals surface area contributed by atoms with Crippen LogP contribution in [0.1, 0.15) is 16.1 Å². The largest absolute Gasteiger partial charge is 0.465 e. The fourth-order valence-electron chi connectivity index (χ4n) is 2.86. The molecule has 4 aromatic rings. The third-order valence-electron chi connectivity index (χ3n) is 4.28. The zero-order valence-corrected chi connectivity index (χ0v) is 17.4. The van der Waals surface area contributed by atoms with E-state index in [1.807, 2.05) is 17.5 Å². The average Bonchev–Trinajstić information content (AvgIpc) is 3.18. The summed E-state index contributed by atoms with van der Waals surface area (Å²) in [7, 11) is 1.34. The zero-order chi connectivity index (χ0) is 20.5. The number of hydrogen-bond donors (Lipinski definition) is 0. The third-order valence-corrected chi connectivity index (χ3v) is 5.73. The molecule has 0 radical (unpaired) electrons. The summed E-state index contributed by atoms with van der Waals surface area (Å²) in [4.78, 5) is 33.2. The van der Waals surface area contributed by atoms with E-state index in [4.69, 9.17) is 27.9 Å². The lowest BCUT2D eigenvalue weighted by Gasteiger charge is -2.06. The Hall–Kier alpha value is -2.74. The molecule has 0 bridgehead atoms. The average molecular weight is 446 g/mol. The summed E-state index contributed by atoms with van der Waals surface area (Å²) in [6.07, 6.45) is 1.45. The highest BCUT2D eigenvalue weighted by Gasteiger charge is 2.12. The maximum absolute atomic E-state index is 12.8. The number of carbonyl (C=O) groups is 1. The van der Waals surface area contributed by atoms with Crippen LogP contribution in [0.25, 0.3) is 21.5 Å². The number of carbonyl (C=O) groups excluding carboxylic acids is 1. The van der Waals surface area contributed by atoms with Crippen LogP contribution in [0, 0.1) is 0 Å². The number of benzene rings is 2. The highest BCUT2D eigenvalue weighted by atomic mass is 35.5. The molecule has 6 nitrogen and oxygen atoms in total. The molecule has 4 rings (SSSR count). The van der Waals surface area contributed by atoms with E-state index in [9.17, 15) is 9.59 Å². The number of rotatable bonds is 4. The van der Waals surface area contributed by atoms with Gasteiger partial charge in [-0.2, -0.15) is 0 Å². The van der Waals surface area contributed by atoms with Gasteiger partial charge in [0, 0.05) is 16.0 Å². The van der Waals surface area contributed by atoms with Gasteiger partial charge in [0.15, 0.2) is 0 Å². The first-order valence-corrected chi connectivity index (χ1v) is 10.1. The van der Waals surface area contributed by atoms with E-state index in [1.54, 1.807) is 24.3 Å². The minimum Gasteiger partial charge on any atom is -0.465 e. The van der Waals surface area contributed by atoms with Gasteiger partial charge >= 0.3 is 5.97 Å². The molecule has 0 saturated carbocycles. The van der Waals surface area contributed by atoms with Crippen LogP contribution in [0.15, 0.2) is 52.9 Å². The van der Waals surface area contributed by atoms with Crippen molar-refractivity contribution in [2.75, 3.05) is 7.11 Å². The molecule has 0 saturated heterocycles. The molecule has 0 aliphatic heterocycles. The summed E-state index contributed by atoms with van der Waals surface area (Å²) in [5.41, 5.74) is 2.24. The van der Waals surface area contributed by atoms with E-state index in [0.29, 0.717) is 26.5 Å². The Bertz CT molecular complexity index is 1280. The van der Waals surface area contributed by atoms with E-state index in [0.717, 1.165) is 16.3 Å². The van der Waals surface area contributed by atoms with Gasteiger partial charge in [-0.25, -0.2) is 14.8 Å². The van der Waals surface area contributed by atoms with Crippen molar-refractivity contribution >= 4 is 51.4 Å². The zero-order valence-electron chi connectivity index (χ0n) is 15.1. The lowest BCUT2D eigenvalue weighted by Crippen LogP contribution is -2.21. The summed E-state index contributed by atoms with van der Waals surface area (Å²) >= 11 is 13.6. The number of thiazole rings is 1. The summed E-state index contributed by atoms with van der Waals surface area (Å²) in [6, 6.07) is 10.1. The van der Waals surface area contributed by atoms with Crippen LogP contribution in [0.4, 0.5) is 0 Å². The second kappa shape index (κ2) is 7.94. The summed E-state index contributed by atoms with van der Waals surface area (Å²) in [5.74, 6) is -0.389. The fourth-order valence-corrected chi connectivity index (χ4v) is 4.22. The molecule has 2 heterocycles. The lowest BCUT2D eigenvalue weighted by molar-refractivity contribution is 0.0601. The Morgan fingerprint density at radius 2 is 1.97 bits per heavy atom. The molecule has 0 N–H and O–H groups in total. The lowest BCUT2D eigenvalue weighted by atomic mass is 10.1. The topological polar surface area (TPSA) is 74.1 Å². The number of hydrogen-bond acceptors (Lipinski definition) is 6. The highest BCUT2D eigenvalue weighted by Crippen LogP contribution is 2.26. The molecule has 146 valence electrons. The van der Waals surface area contributed by atoms with Gasteiger partial charge in [0.1, 0.15) is 5.01 Å². The van der Waals surface area contributed by atoms with E-state index in [2.05, 4.69) is 9.97 Å². The van der Waals surface area contributed by atoms with Crippen molar-refractivity contribution in [3.05, 3.63) is 79.8 Å². The third kappa shape index (κ3) is 3.89. The Labute approximate surface area is 179 Å². The van der Waals surface area contributed by atoms with E-state index < -0.39 is 0 Å². The van der Waals surface area contributed by atoms with Gasteiger partial charge in [0.25, 0.3) is 5.56 Å². The van der Waals surface area contributed by atoms with Gasteiger partial charge in [-0.3, -0.25) is 9.36 Å². The molecular formula is C20H13Cl2N3O3S. The van der Waals surface area contributed by atoms with Gasteiger partial charge in [0.2, 0.25) is 0 Å². The molecule has 0 fully saturated rings. The Balaban J connectivity index is 1.62. The standard InChI is InChI=1S/C20H13Cl2N3O3S/c1-28-20(27)12-4-2-11(3-5-12)18-24-14(9-29-18)8-25-10-23-17-15(19(25)26)6-13(21)7-16(17)22/h2-7,9-10H,8H2,1H3. The predicted molar refractivity (Wildman–Crippen MR) is 114 cm³/mol. The highest BCUT2D eigenvalue weighted by molar-refractivity contribution is 7.13. The van der Waals surface area contributed by atoms with Crippen LogP contribution < -0.4 is 5.56 Å². The smallest absolute Gasteiger partial charge is 0.337 e. The molecule has 9 heteroatoms. The van der Waals surface area contributed by atoms with E-state index in [1.165, 1.54) is 29.3 Å². The van der Waals surface area contributed by atoms with Crippen LogP contribution in [-0.4, -0.2) is 27.6 Å². The number of halogens is 2. The first-order valence-electron chi connectivity index (χ1n) is 8.43. The van der Waals surface area contributed by atoms with E-state index in [-0.39, 0.29) is 18.1 Å². The Morgan fingerprint density at radius 1 is 1.21 bits per heavy atom. The van der Waals surface area contributed by atoms with Crippen molar-refractivity contribution < 1.29 is 9.53 Å². The maximum Gasteiger partial charge on any atom is 0.337 e. The quantitative estimate of drug-likeness (QED) is 0.427. The number of aromatic nitrogens is 3. The summed E-state index contributed by atoms with van der Waals surface area (Å²) < 4.78 is 6.17. The second-order valence-electron chi connectivity index (χ2n) is 6.17. The molecule has 0 amide bonds. The van der Waals surface area contributed by atoms with Crippen molar-refractivity contribution in [3.63, 3.8) is 0 Å². The van der Waals surface area contributed by atoms with Gasteiger partial charge in [-0.1, -0.05) is 35.3 Å². The SMILES string of the molecule is COC(=O)c1ccc(-c2nc(Cn3cnc4c(Cl)cc(Cl)cc4c3=O)cs2)cc1. The minimum atomic E-state index is -0.389. The molecule has 29 heavy (non-hydrogen) atoms.